The van der Waals surface area contributed by atoms with E-state index in [2.05, 4.69) is 17.0 Å². The molecule has 1 fully saturated rings. The molecule has 3 heterocycles. The lowest BCUT2D eigenvalue weighted by atomic mass is 10.1. The van der Waals surface area contributed by atoms with Crippen LogP contribution in [0, 0.1) is 0 Å². The van der Waals surface area contributed by atoms with Crippen molar-refractivity contribution in [1.29, 1.82) is 0 Å². The molecule has 1 aromatic heterocycles. The fourth-order valence-corrected chi connectivity index (χ4v) is 4.79. The number of hydrogen-bond acceptors (Lipinski definition) is 4. The predicted octanol–water partition coefficient (Wildman–Crippen LogP) is 1.82. The number of hydrogen-bond donors (Lipinski definition) is 0. The van der Waals surface area contributed by atoms with Gasteiger partial charge in [-0.1, -0.05) is 6.42 Å². The Balaban J connectivity index is 1.97. The summed E-state index contributed by atoms with van der Waals surface area (Å²) in [6, 6.07) is 0.348. The van der Waals surface area contributed by atoms with Crippen LogP contribution in [0.15, 0.2) is 0 Å². The maximum atomic E-state index is 12.1. The van der Waals surface area contributed by atoms with E-state index in [0.29, 0.717) is 18.3 Å². The summed E-state index contributed by atoms with van der Waals surface area (Å²) in [5, 5.41) is 4.02. The van der Waals surface area contributed by atoms with E-state index in [1.807, 2.05) is 4.68 Å². The predicted molar refractivity (Wildman–Crippen MR) is 68.0 cm³/mol. The summed E-state index contributed by atoms with van der Waals surface area (Å²) in [4.78, 5) is 4.49. The summed E-state index contributed by atoms with van der Waals surface area (Å²) in [5.41, 5.74) is 0. The Morgan fingerprint density at radius 1 is 1.22 bits per heavy atom. The van der Waals surface area contributed by atoms with E-state index in [9.17, 15) is 8.42 Å². The fraction of sp³-hybridized carbons (Fsp3) is 0.833. The highest BCUT2D eigenvalue weighted by atomic mass is 32.2. The first-order valence-corrected chi connectivity index (χ1v) is 8.46. The van der Waals surface area contributed by atoms with Crippen molar-refractivity contribution in [3.63, 3.8) is 0 Å². The number of fused-ring (bicyclic) bond motifs is 1. The molecule has 2 unspecified atom stereocenters. The molecule has 0 aliphatic carbocycles. The topological polar surface area (TPSA) is 64.8 Å². The van der Waals surface area contributed by atoms with Gasteiger partial charge in [0.05, 0.1) is 11.8 Å². The molecule has 0 bridgehead atoms. The molecule has 0 amide bonds. The molecule has 100 valence electrons. The van der Waals surface area contributed by atoms with Crippen LogP contribution in [0.25, 0.3) is 0 Å². The molecular formula is C12H19N3O2S. The average Bonchev–Trinajstić information content (AvgIpc) is 2.73. The molecule has 2 aliphatic heterocycles. The van der Waals surface area contributed by atoms with Crippen LogP contribution in [0.2, 0.25) is 0 Å². The quantitative estimate of drug-likeness (QED) is 0.780. The zero-order chi connectivity index (χ0) is 12.8. The Bertz CT molecular complexity index is 550. The lowest BCUT2D eigenvalue weighted by Crippen LogP contribution is -2.23. The van der Waals surface area contributed by atoms with Crippen molar-refractivity contribution in [3.05, 3.63) is 11.6 Å². The Hall–Kier alpha value is -0.910. The number of nitrogens with zero attached hydrogens (tertiary/aromatic N) is 3. The maximum absolute atomic E-state index is 12.1. The van der Waals surface area contributed by atoms with Crippen molar-refractivity contribution in [3.8, 4) is 0 Å². The SMILES string of the molecule is CC1CCCc2nc(C3CCCCS3(=O)=O)nn21. The Morgan fingerprint density at radius 2 is 2.06 bits per heavy atom. The van der Waals surface area contributed by atoms with E-state index >= 15 is 0 Å². The zero-order valence-corrected chi connectivity index (χ0v) is 11.5. The largest absolute Gasteiger partial charge is 0.247 e. The van der Waals surface area contributed by atoms with E-state index in [4.69, 9.17) is 0 Å². The van der Waals surface area contributed by atoms with Crippen LogP contribution < -0.4 is 0 Å². The average molecular weight is 269 g/mol. The van der Waals surface area contributed by atoms with Crippen molar-refractivity contribution in [1.82, 2.24) is 14.8 Å². The van der Waals surface area contributed by atoms with Crippen LogP contribution in [-0.2, 0) is 16.3 Å². The molecule has 3 rings (SSSR count). The van der Waals surface area contributed by atoms with Crippen LogP contribution in [0.5, 0.6) is 0 Å². The molecule has 0 saturated carbocycles. The highest BCUT2D eigenvalue weighted by Crippen LogP contribution is 2.33. The van der Waals surface area contributed by atoms with E-state index in [1.165, 1.54) is 0 Å². The molecule has 0 N–H and O–H groups in total. The standard InChI is InChI=1S/C12H19N3O2S/c1-9-5-4-7-11-13-12(14-15(9)11)10-6-2-3-8-18(10,16)17/h9-10H,2-8H2,1H3. The highest BCUT2D eigenvalue weighted by Gasteiger charge is 2.34. The number of sulfone groups is 1. The minimum absolute atomic E-state index is 0.289. The van der Waals surface area contributed by atoms with E-state index in [1.54, 1.807) is 0 Å². The molecule has 18 heavy (non-hydrogen) atoms. The fourth-order valence-electron chi connectivity index (χ4n) is 2.96. The van der Waals surface area contributed by atoms with Crippen molar-refractivity contribution in [2.75, 3.05) is 5.75 Å². The highest BCUT2D eigenvalue weighted by molar-refractivity contribution is 7.91. The van der Waals surface area contributed by atoms with Gasteiger partial charge in [0, 0.05) is 6.42 Å². The Labute approximate surface area is 108 Å². The Morgan fingerprint density at radius 3 is 2.78 bits per heavy atom. The molecule has 6 heteroatoms. The molecule has 2 atom stereocenters. The van der Waals surface area contributed by atoms with Crippen LogP contribution in [0.1, 0.15) is 62.0 Å². The summed E-state index contributed by atoms with van der Waals surface area (Å²) in [6.45, 7) is 2.12. The van der Waals surface area contributed by atoms with Crippen molar-refractivity contribution < 1.29 is 8.42 Å². The van der Waals surface area contributed by atoms with Gasteiger partial charge in [0.25, 0.3) is 0 Å². The minimum atomic E-state index is -3.03. The molecule has 1 saturated heterocycles. The summed E-state index contributed by atoms with van der Waals surface area (Å²) >= 11 is 0. The van der Waals surface area contributed by atoms with Gasteiger partial charge < -0.3 is 0 Å². The van der Waals surface area contributed by atoms with Gasteiger partial charge in [0.1, 0.15) is 11.1 Å². The van der Waals surface area contributed by atoms with Gasteiger partial charge >= 0.3 is 0 Å². The number of rotatable bonds is 1. The van der Waals surface area contributed by atoms with Crippen molar-refractivity contribution >= 4 is 9.84 Å². The van der Waals surface area contributed by atoms with Crippen LogP contribution in [0.4, 0.5) is 0 Å². The van der Waals surface area contributed by atoms with Gasteiger partial charge in [0.2, 0.25) is 0 Å². The second kappa shape index (κ2) is 4.33. The molecule has 2 aliphatic rings. The van der Waals surface area contributed by atoms with Gasteiger partial charge in [-0.05, 0) is 32.6 Å². The molecule has 0 radical (unpaired) electrons. The van der Waals surface area contributed by atoms with E-state index in [-0.39, 0.29) is 5.75 Å². The third-order valence-electron chi connectivity index (χ3n) is 4.02. The van der Waals surface area contributed by atoms with Crippen molar-refractivity contribution in [2.45, 2.75) is 56.7 Å². The van der Waals surface area contributed by atoms with E-state index in [0.717, 1.165) is 37.9 Å². The van der Waals surface area contributed by atoms with Gasteiger partial charge in [-0.2, -0.15) is 5.10 Å². The van der Waals surface area contributed by atoms with Crippen LogP contribution in [0.3, 0.4) is 0 Å². The van der Waals surface area contributed by atoms with Gasteiger partial charge in [0.15, 0.2) is 15.7 Å². The van der Waals surface area contributed by atoms with Gasteiger partial charge in [-0.3, -0.25) is 0 Å². The molecule has 0 aromatic carbocycles. The molecular weight excluding hydrogens is 250 g/mol. The summed E-state index contributed by atoms with van der Waals surface area (Å²) in [6.07, 6.45) is 5.57. The monoisotopic (exact) mass is 269 g/mol. The van der Waals surface area contributed by atoms with Crippen LogP contribution >= 0.6 is 0 Å². The van der Waals surface area contributed by atoms with Gasteiger partial charge in [-0.25, -0.2) is 18.1 Å². The van der Waals surface area contributed by atoms with Crippen LogP contribution in [-0.4, -0.2) is 28.9 Å². The third kappa shape index (κ3) is 1.96. The lowest BCUT2D eigenvalue weighted by Gasteiger charge is -2.20. The zero-order valence-electron chi connectivity index (χ0n) is 10.7. The lowest BCUT2D eigenvalue weighted by molar-refractivity contribution is 0.386. The normalized spacial score (nSPS) is 30.9. The smallest absolute Gasteiger partial charge is 0.169 e. The second-order valence-electron chi connectivity index (χ2n) is 5.42. The molecule has 1 aromatic rings. The Kier molecular flexibility index (Phi) is 2.92. The van der Waals surface area contributed by atoms with Crippen molar-refractivity contribution in [2.24, 2.45) is 0 Å². The summed E-state index contributed by atoms with van der Waals surface area (Å²) in [5.74, 6) is 1.79. The minimum Gasteiger partial charge on any atom is -0.247 e. The van der Waals surface area contributed by atoms with E-state index < -0.39 is 15.1 Å². The summed E-state index contributed by atoms with van der Waals surface area (Å²) in [7, 11) is -3.03. The molecule has 5 nitrogen and oxygen atoms in total. The van der Waals surface area contributed by atoms with Gasteiger partial charge in [-0.15, -0.1) is 0 Å². The molecule has 0 spiro atoms. The summed E-state index contributed by atoms with van der Waals surface area (Å²) < 4.78 is 26.1. The third-order valence-corrected chi connectivity index (χ3v) is 6.20. The maximum Gasteiger partial charge on any atom is 0.169 e. The first kappa shape index (κ1) is 12.1. The number of aryl methyl sites for hydroxylation is 1. The second-order valence-corrected chi connectivity index (χ2v) is 7.73. The first-order chi connectivity index (χ1) is 8.58. The number of aromatic nitrogens is 3. The first-order valence-electron chi connectivity index (χ1n) is 6.75.